The maximum atomic E-state index is 12.4. The molecule has 1 heterocycles. The summed E-state index contributed by atoms with van der Waals surface area (Å²) in [6.45, 7) is -0.425. The fourth-order valence-electron chi connectivity index (χ4n) is 1.68. The first-order chi connectivity index (χ1) is 9.58. The number of carboxylic acids is 1. The standard InChI is InChI=1S/C14H11ClN2O3/c15-12-7-6-10(8-16-12)14(20)17(9-13(18)19)11-4-2-1-3-5-11/h1-8H,9H2,(H,18,19). The van der Waals surface area contributed by atoms with Crippen molar-refractivity contribution in [2.75, 3.05) is 11.4 Å². The first kappa shape index (κ1) is 14.0. The van der Waals surface area contributed by atoms with Crippen LogP contribution in [-0.4, -0.2) is 28.5 Å². The van der Waals surface area contributed by atoms with Gasteiger partial charge in [-0.2, -0.15) is 0 Å². The van der Waals surface area contributed by atoms with Gasteiger partial charge in [0.1, 0.15) is 11.7 Å². The van der Waals surface area contributed by atoms with Crippen molar-refractivity contribution in [2.45, 2.75) is 0 Å². The van der Waals surface area contributed by atoms with Gasteiger partial charge in [0.2, 0.25) is 0 Å². The van der Waals surface area contributed by atoms with Gasteiger partial charge in [0.25, 0.3) is 5.91 Å². The zero-order chi connectivity index (χ0) is 14.5. The van der Waals surface area contributed by atoms with Gasteiger partial charge in [0.15, 0.2) is 0 Å². The monoisotopic (exact) mass is 290 g/mol. The summed E-state index contributed by atoms with van der Waals surface area (Å²) >= 11 is 5.67. The van der Waals surface area contributed by atoms with Crippen LogP contribution in [0.15, 0.2) is 48.7 Å². The number of anilines is 1. The van der Waals surface area contributed by atoms with Crippen LogP contribution < -0.4 is 4.90 Å². The number of rotatable bonds is 4. The third kappa shape index (κ3) is 3.33. The van der Waals surface area contributed by atoms with Crippen LogP contribution in [0.2, 0.25) is 5.15 Å². The van der Waals surface area contributed by atoms with Gasteiger partial charge >= 0.3 is 5.97 Å². The number of benzene rings is 1. The number of carbonyl (C=O) groups is 2. The molecule has 0 aliphatic heterocycles. The Kier molecular flexibility index (Phi) is 4.32. The number of carbonyl (C=O) groups excluding carboxylic acids is 1. The summed E-state index contributed by atoms with van der Waals surface area (Å²) in [4.78, 5) is 28.3. The Morgan fingerprint density at radius 1 is 1.15 bits per heavy atom. The third-order valence-electron chi connectivity index (χ3n) is 2.58. The second kappa shape index (κ2) is 6.16. The number of amides is 1. The Hall–Kier alpha value is -2.40. The lowest BCUT2D eigenvalue weighted by Crippen LogP contribution is -2.35. The van der Waals surface area contributed by atoms with Crippen LogP contribution in [0, 0.1) is 0 Å². The number of halogens is 1. The van der Waals surface area contributed by atoms with Crippen molar-refractivity contribution in [1.82, 2.24) is 4.98 Å². The normalized spacial score (nSPS) is 10.1. The van der Waals surface area contributed by atoms with E-state index >= 15 is 0 Å². The maximum Gasteiger partial charge on any atom is 0.323 e. The molecule has 0 fully saturated rings. The molecule has 0 radical (unpaired) electrons. The van der Waals surface area contributed by atoms with E-state index < -0.39 is 18.4 Å². The molecule has 20 heavy (non-hydrogen) atoms. The number of nitrogens with zero attached hydrogens (tertiary/aromatic N) is 2. The highest BCUT2D eigenvalue weighted by molar-refractivity contribution is 6.29. The molecule has 0 aliphatic carbocycles. The van der Waals surface area contributed by atoms with Crippen LogP contribution in [0.4, 0.5) is 5.69 Å². The highest BCUT2D eigenvalue weighted by atomic mass is 35.5. The zero-order valence-electron chi connectivity index (χ0n) is 10.4. The van der Waals surface area contributed by atoms with Crippen LogP contribution in [0.5, 0.6) is 0 Å². The van der Waals surface area contributed by atoms with E-state index in [4.69, 9.17) is 16.7 Å². The van der Waals surface area contributed by atoms with E-state index in [0.717, 1.165) is 0 Å². The smallest absolute Gasteiger partial charge is 0.323 e. The molecule has 102 valence electrons. The molecule has 0 spiro atoms. The average molecular weight is 291 g/mol. The van der Waals surface area contributed by atoms with E-state index in [2.05, 4.69) is 4.98 Å². The quantitative estimate of drug-likeness (QED) is 0.878. The number of aliphatic carboxylic acids is 1. The van der Waals surface area contributed by atoms with Gasteiger partial charge < -0.3 is 5.11 Å². The van der Waals surface area contributed by atoms with Crippen molar-refractivity contribution in [3.63, 3.8) is 0 Å². The molecule has 2 rings (SSSR count). The van der Waals surface area contributed by atoms with Crippen LogP contribution in [0.3, 0.4) is 0 Å². The Labute approximate surface area is 120 Å². The Morgan fingerprint density at radius 2 is 1.85 bits per heavy atom. The summed E-state index contributed by atoms with van der Waals surface area (Å²) in [5.74, 6) is -1.54. The molecule has 6 heteroatoms. The van der Waals surface area contributed by atoms with E-state index in [-0.39, 0.29) is 10.7 Å². The lowest BCUT2D eigenvalue weighted by Gasteiger charge is -2.20. The molecule has 0 aliphatic rings. The summed E-state index contributed by atoms with van der Waals surface area (Å²) in [5.41, 5.74) is 0.786. The Morgan fingerprint density at radius 3 is 2.40 bits per heavy atom. The molecule has 1 amide bonds. The summed E-state index contributed by atoms with van der Waals surface area (Å²) in [6.07, 6.45) is 1.32. The molecule has 2 aromatic rings. The van der Waals surface area contributed by atoms with E-state index in [9.17, 15) is 9.59 Å². The highest BCUT2D eigenvalue weighted by Crippen LogP contribution is 2.17. The highest BCUT2D eigenvalue weighted by Gasteiger charge is 2.20. The van der Waals surface area contributed by atoms with Crippen molar-refractivity contribution in [1.29, 1.82) is 0 Å². The van der Waals surface area contributed by atoms with Crippen molar-refractivity contribution < 1.29 is 14.7 Å². The SMILES string of the molecule is O=C(O)CN(C(=O)c1ccc(Cl)nc1)c1ccccc1. The number of carboxylic acid groups (broad SMARTS) is 1. The van der Waals surface area contributed by atoms with Crippen molar-refractivity contribution >= 4 is 29.2 Å². The Bertz CT molecular complexity index is 614. The number of hydrogen-bond acceptors (Lipinski definition) is 3. The van der Waals surface area contributed by atoms with E-state index in [0.29, 0.717) is 5.69 Å². The second-order valence-electron chi connectivity index (χ2n) is 3.99. The second-order valence-corrected chi connectivity index (χ2v) is 4.38. The third-order valence-corrected chi connectivity index (χ3v) is 2.80. The van der Waals surface area contributed by atoms with Crippen LogP contribution in [0.1, 0.15) is 10.4 Å². The number of hydrogen-bond donors (Lipinski definition) is 1. The van der Waals surface area contributed by atoms with Gasteiger partial charge in [0, 0.05) is 11.9 Å². The summed E-state index contributed by atoms with van der Waals surface area (Å²) < 4.78 is 0. The number of aromatic nitrogens is 1. The van der Waals surface area contributed by atoms with Crippen LogP contribution in [-0.2, 0) is 4.79 Å². The van der Waals surface area contributed by atoms with Gasteiger partial charge in [-0.1, -0.05) is 29.8 Å². The molecular formula is C14H11ClN2O3. The van der Waals surface area contributed by atoms with Gasteiger partial charge in [-0.3, -0.25) is 14.5 Å². The number of para-hydroxylation sites is 1. The maximum absolute atomic E-state index is 12.4. The van der Waals surface area contributed by atoms with Gasteiger partial charge in [-0.15, -0.1) is 0 Å². The minimum Gasteiger partial charge on any atom is -0.480 e. The molecule has 0 bridgehead atoms. The largest absolute Gasteiger partial charge is 0.480 e. The lowest BCUT2D eigenvalue weighted by atomic mass is 10.2. The minimum atomic E-state index is -1.09. The summed E-state index contributed by atoms with van der Waals surface area (Å²) in [7, 11) is 0. The van der Waals surface area contributed by atoms with Gasteiger partial charge in [0.05, 0.1) is 5.56 Å². The molecular weight excluding hydrogens is 280 g/mol. The van der Waals surface area contributed by atoms with E-state index in [1.165, 1.54) is 23.2 Å². The lowest BCUT2D eigenvalue weighted by molar-refractivity contribution is -0.135. The molecule has 1 aromatic carbocycles. The fourth-order valence-corrected chi connectivity index (χ4v) is 1.79. The van der Waals surface area contributed by atoms with Crippen molar-refractivity contribution in [2.24, 2.45) is 0 Å². The zero-order valence-corrected chi connectivity index (χ0v) is 11.1. The summed E-state index contributed by atoms with van der Waals surface area (Å²) in [6, 6.07) is 11.6. The van der Waals surface area contributed by atoms with Crippen LogP contribution >= 0.6 is 11.6 Å². The first-order valence-corrected chi connectivity index (χ1v) is 6.16. The first-order valence-electron chi connectivity index (χ1n) is 5.78. The summed E-state index contributed by atoms with van der Waals surface area (Å²) in [5, 5.41) is 9.22. The average Bonchev–Trinajstić information content (AvgIpc) is 2.45. The molecule has 0 unspecified atom stereocenters. The molecule has 0 saturated heterocycles. The Balaban J connectivity index is 2.34. The fraction of sp³-hybridized carbons (Fsp3) is 0.0714. The predicted molar refractivity (Wildman–Crippen MR) is 75.0 cm³/mol. The van der Waals surface area contributed by atoms with Crippen molar-refractivity contribution in [3.05, 3.63) is 59.4 Å². The van der Waals surface area contributed by atoms with Gasteiger partial charge in [-0.05, 0) is 24.3 Å². The predicted octanol–water partition coefficient (Wildman–Crippen LogP) is 2.47. The topological polar surface area (TPSA) is 70.5 Å². The van der Waals surface area contributed by atoms with Gasteiger partial charge in [-0.25, -0.2) is 4.98 Å². The van der Waals surface area contributed by atoms with E-state index in [1.54, 1.807) is 30.3 Å². The van der Waals surface area contributed by atoms with Crippen LogP contribution in [0.25, 0.3) is 0 Å². The number of pyridine rings is 1. The molecule has 5 nitrogen and oxygen atoms in total. The van der Waals surface area contributed by atoms with E-state index in [1.807, 2.05) is 0 Å². The molecule has 0 saturated carbocycles. The molecule has 0 atom stereocenters. The molecule has 1 aromatic heterocycles. The minimum absolute atomic E-state index is 0.269. The van der Waals surface area contributed by atoms with Crippen molar-refractivity contribution in [3.8, 4) is 0 Å². The molecule has 1 N–H and O–H groups in total.